The Hall–Kier alpha value is -1.26. The van der Waals surface area contributed by atoms with E-state index in [1.807, 2.05) is 0 Å². The largest absolute Gasteiger partial charge is 0.495 e. The lowest BCUT2D eigenvalue weighted by Gasteiger charge is -2.25. The summed E-state index contributed by atoms with van der Waals surface area (Å²) in [5.41, 5.74) is 8.12. The predicted molar refractivity (Wildman–Crippen MR) is 80.0 cm³/mol. The first kappa shape index (κ1) is 14.2. The molecule has 1 aromatic carbocycles. The zero-order valence-electron chi connectivity index (χ0n) is 12.2. The molecule has 2 rings (SSSR count). The number of ether oxygens (including phenoxy) is 1. The lowest BCUT2D eigenvalue weighted by Crippen LogP contribution is -2.37. The summed E-state index contributed by atoms with van der Waals surface area (Å²) in [5.74, 6) is 0.965. The highest BCUT2D eigenvalue weighted by Gasteiger charge is 2.27. The standard InChI is InChI=1S/C15H25N3O/c1-12-4-5-15(19-3)14(10-12)18-8-6-13(11-18)17(2)9-7-16/h4-5,10,13H,6-9,11,16H2,1-3H3. The Morgan fingerprint density at radius 2 is 2.26 bits per heavy atom. The van der Waals surface area contributed by atoms with E-state index in [1.54, 1.807) is 7.11 Å². The number of nitrogens with two attached hydrogens (primary N) is 1. The molecule has 1 saturated heterocycles. The van der Waals surface area contributed by atoms with E-state index >= 15 is 0 Å². The molecule has 0 spiro atoms. The van der Waals surface area contributed by atoms with Crippen LogP contribution >= 0.6 is 0 Å². The molecule has 1 aliphatic rings. The van der Waals surface area contributed by atoms with Crippen LogP contribution in [0.25, 0.3) is 0 Å². The Morgan fingerprint density at radius 3 is 2.95 bits per heavy atom. The fourth-order valence-corrected chi connectivity index (χ4v) is 2.75. The summed E-state index contributed by atoms with van der Waals surface area (Å²) >= 11 is 0. The quantitative estimate of drug-likeness (QED) is 0.873. The van der Waals surface area contributed by atoms with Crippen molar-refractivity contribution in [3.8, 4) is 5.75 Å². The van der Waals surface area contributed by atoms with Crippen molar-refractivity contribution in [2.24, 2.45) is 5.73 Å². The number of hydrogen-bond acceptors (Lipinski definition) is 4. The number of likely N-dealkylation sites (N-methyl/N-ethyl adjacent to an activating group) is 1. The molecule has 0 radical (unpaired) electrons. The van der Waals surface area contributed by atoms with Gasteiger partial charge in [-0.3, -0.25) is 0 Å². The third kappa shape index (κ3) is 3.19. The van der Waals surface area contributed by atoms with E-state index < -0.39 is 0 Å². The number of nitrogens with zero attached hydrogens (tertiary/aromatic N) is 2. The van der Waals surface area contributed by atoms with E-state index in [0.717, 1.165) is 31.9 Å². The molecule has 0 aromatic heterocycles. The van der Waals surface area contributed by atoms with Crippen LogP contribution in [0, 0.1) is 6.92 Å². The second-order valence-corrected chi connectivity index (χ2v) is 5.33. The highest BCUT2D eigenvalue weighted by molar-refractivity contribution is 5.60. The molecule has 1 aromatic rings. The summed E-state index contributed by atoms with van der Waals surface area (Å²) in [4.78, 5) is 4.78. The zero-order chi connectivity index (χ0) is 13.8. The van der Waals surface area contributed by atoms with E-state index in [1.165, 1.54) is 17.7 Å². The minimum absolute atomic E-state index is 0.591. The Balaban J connectivity index is 2.10. The second-order valence-electron chi connectivity index (χ2n) is 5.33. The third-order valence-electron chi connectivity index (χ3n) is 3.94. The first-order valence-corrected chi connectivity index (χ1v) is 6.95. The van der Waals surface area contributed by atoms with Gasteiger partial charge in [-0.25, -0.2) is 0 Å². The van der Waals surface area contributed by atoms with Gasteiger partial charge in [0.15, 0.2) is 0 Å². The predicted octanol–water partition coefficient (Wildman–Crippen LogP) is 1.47. The number of rotatable bonds is 5. The number of aryl methyl sites for hydroxylation is 1. The van der Waals surface area contributed by atoms with Gasteiger partial charge in [0.2, 0.25) is 0 Å². The minimum atomic E-state index is 0.591. The van der Waals surface area contributed by atoms with Gasteiger partial charge < -0.3 is 20.3 Å². The number of anilines is 1. The smallest absolute Gasteiger partial charge is 0.142 e. The van der Waals surface area contributed by atoms with Crippen LogP contribution in [0.1, 0.15) is 12.0 Å². The minimum Gasteiger partial charge on any atom is -0.495 e. The van der Waals surface area contributed by atoms with E-state index in [4.69, 9.17) is 10.5 Å². The van der Waals surface area contributed by atoms with Crippen molar-refractivity contribution >= 4 is 5.69 Å². The molecular formula is C15H25N3O. The average Bonchev–Trinajstić information content (AvgIpc) is 2.88. The lowest BCUT2D eigenvalue weighted by atomic mass is 10.2. The van der Waals surface area contributed by atoms with Gasteiger partial charge in [-0.15, -0.1) is 0 Å². The van der Waals surface area contributed by atoms with Crippen LogP contribution in [-0.4, -0.2) is 51.3 Å². The van der Waals surface area contributed by atoms with Crippen LogP contribution in [0.2, 0.25) is 0 Å². The molecule has 1 fully saturated rings. The fraction of sp³-hybridized carbons (Fsp3) is 0.600. The van der Waals surface area contributed by atoms with Crippen LogP contribution in [0.15, 0.2) is 18.2 Å². The van der Waals surface area contributed by atoms with Gasteiger partial charge in [0.25, 0.3) is 0 Å². The number of benzene rings is 1. The summed E-state index contributed by atoms with van der Waals surface area (Å²) in [6.45, 7) is 5.94. The number of methoxy groups -OCH3 is 1. The molecule has 0 bridgehead atoms. The normalized spacial score (nSPS) is 19.2. The van der Waals surface area contributed by atoms with Crippen molar-refractivity contribution in [3.05, 3.63) is 23.8 Å². The van der Waals surface area contributed by atoms with E-state index in [0.29, 0.717) is 6.04 Å². The Bertz CT molecular complexity index is 422. The molecule has 106 valence electrons. The first-order chi connectivity index (χ1) is 9.15. The summed E-state index contributed by atoms with van der Waals surface area (Å²) in [5, 5.41) is 0. The molecule has 0 amide bonds. The Morgan fingerprint density at radius 1 is 1.47 bits per heavy atom. The number of hydrogen-bond donors (Lipinski definition) is 1. The maximum absolute atomic E-state index is 5.63. The van der Waals surface area contributed by atoms with Crippen LogP contribution in [0.4, 0.5) is 5.69 Å². The third-order valence-corrected chi connectivity index (χ3v) is 3.94. The highest BCUT2D eigenvalue weighted by Crippen LogP contribution is 2.32. The molecule has 1 heterocycles. The van der Waals surface area contributed by atoms with Crippen molar-refractivity contribution in [2.75, 3.05) is 45.2 Å². The van der Waals surface area contributed by atoms with Crippen molar-refractivity contribution in [1.29, 1.82) is 0 Å². The SMILES string of the molecule is COc1ccc(C)cc1N1CCC(N(C)CCN)C1. The molecule has 1 atom stereocenters. The molecular weight excluding hydrogens is 238 g/mol. The maximum Gasteiger partial charge on any atom is 0.142 e. The molecule has 4 nitrogen and oxygen atoms in total. The van der Waals surface area contributed by atoms with Crippen molar-refractivity contribution in [1.82, 2.24) is 4.90 Å². The van der Waals surface area contributed by atoms with Crippen molar-refractivity contribution in [2.45, 2.75) is 19.4 Å². The molecule has 0 saturated carbocycles. The van der Waals surface area contributed by atoms with Gasteiger partial charge in [0, 0.05) is 32.2 Å². The molecule has 2 N–H and O–H groups in total. The van der Waals surface area contributed by atoms with E-state index in [9.17, 15) is 0 Å². The van der Waals surface area contributed by atoms with Crippen LogP contribution < -0.4 is 15.4 Å². The Kier molecular flexibility index (Phi) is 4.66. The van der Waals surface area contributed by atoms with E-state index in [-0.39, 0.29) is 0 Å². The van der Waals surface area contributed by atoms with Gasteiger partial charge in [0.1, 0.15) is 5.75 Å². The first-order valence-electron chi connectivity index (χ1n) is 6.95. The van der Waals surface area contributed by atoms with Gasteiger partial charge in [-0.2, -0.15) is 0 Å². The lowest BCUT2D eigenvalue weighted by molar-refractivity contribution is 0.266. The molecule has 0 aliphatic carbocycles. The van der Waals surface area contributed by atoms with Crippen molar-refractivity contribution in [3.63, 3.8) is 0 Å². The summed E-state index contributed by atoms with van der Waals surface area (Å²) in [6.07, 6.45) is 1.19. The molecule has 1 unspecified atom stereocenters. The fourth-order valence-electron chi connectivity index (χ4n) is 2.75. The average molecular weight is 263 g/mol. The van der Waals surface area contributed by atoms with Gasteiger partial charge in [-0.05, 0) is 38.1 Å². The molecule has 1 aliphatic heterocycles. The van der Waals surface area contributed by atoms with Gasteiger partial charge in [-0.1, -0.05) is 6.07 Å². The van der Waals surface area contributed by atoms with Gasteiger partial charge >= 0.3 is 0 Å². The molecule has 4 heteroatoms. The van der Waals surface area contributed by atoms with E-state index in [2.05, 4.69) is 42.0 Å². The van der Waals surface area contributed by atoms with Crippen LogP contribution in [0.5, 0.6) is 5.75 Å². The summed E-state index contributed by atoms with van der Waals surface area (Å²) in [7, 11) is 3.90. The van der Waals surface area contributed by atoms with Crippen LogP contribution in [0.3, 0.4) is 0 Å². The van der Waals surface area contributed by atoms with Crippen LogP contribution in [-0.2, 0) is 0 Å². The highest BCUT2D eigenvalue weighted by atomic mass is 16.5. The monoisotopic (exact) mass is 263 g/mol. The zero-order valence-corrected chi connectivity index (χ0v) is 12.2. The molecule has 19 heavy (non-hydrogen) atoms. The summed E-state index contributed by atoms with van der Waals surface area (Å²) in [6, 6.07) is 6.95. The second kappa shape index (κ2) is 6.26. The topological polar surface area (TPSA) is 41.7 Å². The summed E-state index contributed by atoms with van der Waals surface area (Å²) < 4.78 is 5.48. The van der Waals surface area contributed by atoms with Gasteiger partial charge in [0.05, 0.1) is 12.8 Å². The maximum atomic E-state index is 5.63. The van der Waals surface area contributed by atoms with Crippen molar-refractivity contribution < 1.29 is 4.74 Å². The Labute approximate surface area is 116 Å².